The molecule has 3 aromatic rings. The molecule has 2 N–H and O–H groups in total. The second-order valence-corrected chi connectivity index (χ2v) is 7.59. The first-order valence-corrected chi connectivity index (χ1v) is 9.74. The monoisotopic (exact) mass is 377 g/mol. The van der Waals surface area contributed by atoms with Crippen LogP contribution >= 0.6 is 0 Å². The molecule has 0 saturated carbocycles. The largest absolute Gasteiger partial charge is 0.336 e. The SMILES string of the molecule is Cc1cc(Nc2cccc3nc(N4CC5CC[C@@H](C4)N5CCC#N)nn23)n[nH]1. The summed E-state index contributed by atoms with van der Waals surface area (Å²) < 4.78 is 1.84. The lowest BCUT2D eigenvalue weighted by Gasteiger charge is -2.40. The van der Waals surface area contributed by atoms with Crippen molar-refractivity contribution in [1.82, 2.24) is 29.7 Å². The molecule has 2 atom stereocenters. The molecule has 2 bridgehead atoms. The van der Waals surface area contributed by atoms with Gasteiger partial charge in [-0.25, -0.2) is 0 Å². The molecule has 28 heavy (non-hydrogen) atoms. The van der Waals surface area contributed by atoms with Crippen LogP contribution in [0.1, 0.15) is 25.0 Å². The molecule has 2 fully saturated rings. The first-order chi connectivity index (χ1) is 13.7. The van der Waals surface area contributed by atoms with Crippen molar-refractivity contribution in [2.75, 3.05) is 29.9 Å². The van der Waals surface area contributed by atoms with E-state index in [-0.39, 0.29) is 0 Å². The quantitative estimate of drug-likeness (QED) is 0.702. The third-order valence-corrected chi connectivity index (χ3v) is 5.71. The number of H-pyrrole nitrogens is 1. The van der Waals surface area contributed by atoms with Gasteiger partial charge in [-0.3, -0.25) is 10.00 Å². The van der Waals surface area contributed by atoms with Gasteiger partial charge < -0.3 is 10.2 Å². The highest BCUT2D eigenvalue weighted by Gasteiger charge is 2.40. The third kappa shape index (κ3) is 2.96. The van der Waals surface area contributed by atoms with Crippen LogP contribution in [0.5, 0.6) is 0 Å². The molecule has 2 aliphatic rings. The van der Waals surface area contributed by atoms with Gasteiger partial charge >= 0.3 is 0 Å². The van der Waals surface area contributed by atoms with E-state index in [1.165, 1.54) is 12.8 Å². The molecule has 0 aliphatic carbocycles. The molecule has 0 radical (unpaired) electrons. The summed E-state index contributed by atoms with van der Waals surface area (Å²) in [6, 6.07) is 11.1. The normalized spacial score (nSPS) is 21.9. The predicted molar refractivity (Wildman–Crippen MR) is 106 cm³/mol. The van der Waals surface area contributed by atoms with Crippen LogP contribution < -0.4 is 10.2 Å². The van der Waals surface area contributed by atoms with E-state index in [9.17, 15) is 0 Å². The van der Waals surface area contributed by atoms with E-state index in [2.05, 4.69) is 31.4 Å². The second-order valence-electron chi connectivity index (χ2n) is 7.59. The standard InChI is InChI=1S/C19H23N9/c1-13-10-16(24-23-13)21-17-4-2-5-18-22-19(25-28(17)18)26-11-14-6-7-15(12-26)27(14)9-3-8-20/h2,4-5,10,14-15H,3,6-7,9,11-12H2,1H3,(H2,21,23,24)/t14-,15?/m0/s1. The Hall–Kier alpha value is -3.12. The second kappa shape index (κ2) is 6.80. The van der Waals surface area contributed by atoms with Crippen molar-refractivity contribution in [3.63, 3.8) is 0 Å². The highest BCUT2D eigenvalue weighted by Crippen LogP contribution is 2.32. The van der Waals surface area contributed by atoms with Crippen molar-refractivity contribution >= 4 is 23.2 Å². The maximum absolute atomic E-state index is 8.91. The summed E-state index contributed by atoms with van der Waals surface area (Å²) in [5, 5.41) is 24.2. The first-order valence-electron chi connectivity index (χ1n) is 9.74. The van der Waals surface area contributed by atoms with Crippen LogP contribution in [0.15, 0.2) is 24.3 Å². The molecule has 144 valence electrons. The molecule has 0 spiro atoms. The molecule has 2 aliphatic heterocycles. The third-order valence-electron chi connectivity index (χ3n) is 5.71. The number of rotatable bonds is 5. The van der Waals surface area contributed by atoms with Gasteiger partial charge in [-0.15, -0.1) is 5.10 Å². The number of aryl methyl sites for hydroxylation is 1. The minimum absolute atomic E-state index is 0.489. The summed E-state index contributed by atoms with van der Waals surface area (Å²) in [6.45, 7) is 4.67. The molecular formula is C19H23N9. The zero-order valence-electron chi connectivity index (χ0n) is 15.8. The smallest absolute Gasteiger partial charge is 0.245 e. The number of fused-ring (bicyclic) bond motifs is 3. The van der Waals surface area contributed by atoms with E-state index in [0.717, 1.165) is 48.6 Å². The maximum Gasteiger partial charge on any atom is 0.245 e. The summed E-state index contributed by atoms with van der Waals surface area (Å²) in [5.74, 6) is 2.36. The van der Waals surface area contributed by atoms with Gasteiger partial charge in [-0.1, -0.05) is 6.07 Å². The molecule has 5 heterocycles. The van der Waals surface area contributed by atoms with Crippen molar-refractivity contribution in [2.24, 2.45) is 0 Å². The number of nitrogens with one attached hydrogen (secondary N) is 2. The van der Waals surface area contributed by atoms with Crippen LogP contribution in [0.3, 0.4) is 0 Å². The fourth-order valence-electron chi connectivity index (χ4n) is 4.43. The van der Waals surface area contributed by atoms with Crippen molar-refractivity contribution in [2.45, 2.75) is 38.3 Å². The van der Waals surface area contributed by atoms with Gasteiger partial charge in [0, 0.05) is 49.9 Å². The van der Waals surface area contributed by atoms with Gasteiger partial charge in [0.2, 0.25) is 5.95 Å². The summed E-state index contributed by atoms with van der Waals surface area (Å²) in [4.78, 5) is 9.56. The lowest BCUT2D eigenvalue weighted by Crippen LogP contribution is -2.54. The van der Waals surface area contributed by atoms with E-state index in [1.54, 1.807) is 0 Å². The molecule has 2 saturated heterocycles. The van der Waals surface area contributed by atoms with Gasteiger partial charge in [0.15, 0.2) is 11.5 Å². The van der Waals surface area contributed by atoms with Crippen molar-refractivity contribution < 1.29 is 0 Å². The highest BCUT2D eigenvalue weighted by molar-refractivity contribution is 5.58. The molecule has 3 aromatic heterocycles. The molecule has 9 nitrogen and oxygen atoms in total. The number of pyridine rings is 1. The van der Waals surface area contributed by atoms with Crippen LogP contribution in [0.2, 0.25) is 0 Å². The van der Waals surface area contributed by atoms with Gasteiger partial charge in [-0.05, 0) is 31.9 Å². The zero-order valence-corrected chi connectivity index (χ0v) is 15.8. The molecule has 9 heteroatoms. The topological polar surface area (TPSA) is 101 Å². The molecule has 0 aromatic carbocycles. The van der Waals surface area contributed by atoms with Crippen molar-refractivity contribution in [3.8, 4) is 6.07 Å². The van der Waals surface area contributed by atoms with E-state index in [1.807, 2.05) is 35.7 Å². The van der Waals surface area contributed by atoms with Crippen LogP contribution in [0, 0.1) is 18.3 Å². The fourth-order valence-corrected chi connectivity index (χ4v) is 4.43. The van der Waals surface area contributed by atoms with Gasteiger partial charge in [-0.2, -0.15) is 19.9 Å². The molecule has 1 unspecified atom stereocenters. The number of hydrogen-bond donors (Lipinski definition) is 2. The molecule has 0 amide bonds. The van der Waals surface area contributed by atoms with Crippen molar-refractivity contribution in [1.29, 1.82) is 5.26 Å². The minimum atomic E-state index is 0.489. The minimum Gasteiger partial charge on any atom is -0.336 e. The Labute approximate surface area is 163 Å². The zero-order chi connectivity index (χ0) is 19.1. The van der Waals surface area contributed by atoms with Crippen LogP contribution in [0.4, 0.5) is 17.6 Å². The number of hydrogen-bond acceptors (Lipinski definition) is 7. The number of piperazine rings is 1. The number of nitriles is 1. The van der Waals surface area contributed by atoms with Gasteiger partial charge in [0.1, 0.15) is 5.82 Å². The predicted octanol–water partition coefficient (Wildman–Crippen LogP) is 2.07. The summed E-state index contributed by atoms with van der Waals surface area (Å²) in [6.07, 6.45) is 2.97. The summed E-state index contributed by atoms with van der Waals surface area (Å²) in [5.41, 5.74) is 1.81. The van der Waals surface area contributed by atoms with E-state index in [0.29, 0.717) is 18.5 Å². The Balaban J connectivity index is 1.39. The van der Waals surface area contributed by atoms with Crippen LogP contribution in [-0.2, 0) is 0 Å². The lowest BCUT2D eigenvalue weighted by atomic mass is 10.2. The lowest BCUT2D eigenvalue weighted by molar-refractivity contribution is 0.172. The van der Waals surface area contributed by atoms with Gasteiger partial charge in [0.05, 0.1) is 6.07 Å². The first kappa shape index (κ1) is 17.0. The average molecular weight is 377 g/mol. The fraction of sp³-hybridized carbons (Fsp3) is 0.474. The Morgan fingerprint density at radius 2 is 2.11 bits per heavy atom. The maximum atomic E-state index is 8.91. The van der Waals surface area contributed by atoms with E-state index >= 15 is 0 Å². The van der Waals surface area contributed by atoms with Gasteiger partial charge in [0.25, 0.3) is 0 Å². The molecular weight excluding hydrogens is 354 g/mol. The Morgan fingerprint density at radius 1 is 1.29 bits per heavy atom. The van der Waals surface area contributed by atoms with Crippen LogP contribution in [0.25, 0.3) is 5.65 Å². The Morgan fingerprint density at radius 3 is 2.82 bits per heavy atom. The Bertz CT molecular complexity index is 1020. The van der Waals surface area contributed by atoms with E-state index in [4.69, 9.17) is 15.3 Å². The number of nitrogens with zero attached hydrogens (tertiary/aromatic N) is 7. The number of aromatic nitrogens is 5. The highest BCUT2D eigenvalue weighted by atomic mass is 15.4. The van der Waals surface area contributed by atoms with Crippen LogP contribution in [-0.4, -0.2) is 61.4 Å². The Kier molecular flexibility index (Phi) is 4.13. The average Bonchev–Trinajstić information content (AvgIpc) is 3.36. The molecule has 5 rings (SSSR count). The number of anilines is 3. The van der Waals surface area contributed by atoms with E-state index < -0.39 is 0 Å². The van der Waals surface area contributed by atoms with Crippen molar-refractivity contribution in [3.05, 3.63) is 30.0 Å². The number of aromatic amines is 1. The summed E-state index contributed by atoms with van der Waals surface area (Å²) >= 11 is 0. The summed E-state index contributed by atoms with van der Waals surface area (Å²) in [7, 11) is 0.